The normalized spacial score (nSPS) is 12.6. The van der Waals surface area contributed by atoms with E-state index >= 15 is 0 Å². The molecule has 0 aliphatic heterocycles. The highest BCUT2D eigenvalue weighted by atomic mass is 35.5. The fraction of sp³-hybridized carbons (Fsp3) is 0.429. The predicted octanol–water partition coefficient (Wildman–Crippen LogP) is 2.58. The summed E-state index contributed by atoms with van der Waals surface area (Å²) in [5.41, 5.74) is 7.53. The van der Waals surface area contributed by atoms with Gasteiger partial charge in [-0.05, 0) is 31.5 Å². The number of carbonyl (C=O) groups excluding carboxylic acids is 1. The SMILES string of the molecule is CCC(C)NC(=O)CCn1c(N)nc2ccc(Cl)cc21. The Morgan fingerprint density at radius 2 is 2.30 bits per heavy atom. The van der Waals surface area contributed by atoms with Crippen LogP contribution in [0.2, 0.25) is 5.02 Å². The molecule has 0 bridgehead atoms. The van der Waals surface area contributed by atoms with Crippen molar-refractivity contribution in [3.8, 4) is 0 Å². The van der Waals surface area contributed by atoms with Gasteiger partial charge in [0.25, 0.3) is 0 Å². The quantitative estimate of drug-likeness (QED) is 0.890. The van der Waals surface area contributed by atoms with Crippen molar-refractivity contribution in [1.82, 2.24) is 14.9 Å². The Morgan fingerprint density at radius 3 is 3.00 bits per heavy atom. The molecule has 0 saturated heterocycles. The second-order valence-corrected chi connectivity index (χ2v) is 5.32. The maximum absolute atomic E-state index is 11.8. The molecule has 2 aromatic rings. The highest BCUT2D eigenvalue weighted by Gasteiger charge is 2.11. The fourth-order valence-corrected chi connectivity index (χ4v) is 2.18. The van der Waals surface area contributed by atoms with E-state index in [9.17, 15) is 4.79 Å². The Hall–Kier alpha value is -1.75. The molecule has 108 valence electrons. The Labute approximate surface area is 123 Å². The number of aromatic nitrogens is 2. The monoisotopic (exact) mass is 294 g/mol. The van der Waals surface area contributed by atoms with Gasteiger partial charge in [0.2, 0.25) is 11.9 Å². The van der Waals surface area contributed by atoms with Gasteiger partial charge in [-0.1, -0.05) is 18.5 Å². The number of nitrogens with one attached hydrogen (secondary N) is 1. The van der Waals surface area contributed by atoms with E-state index in [-0.39, 0.29) is 11.9 Å². The first-order chi connectivity index (χ1) is 9.51. The summed E-state index contributed by atoms with van der Waals surface area (Å²) < 4.78 is 1.82. The summed E-state index contributed by atoms with van der Waals surface area (Å²) in [4.78, 5) is 16.1. The van der Waals surface area contributed by atoms with Gasteiger partial charge >= 0.3 is 0 Å². The van der Waals surface area contributed by atoms with Gasteiger partial charge in [0, 0.05) is 24.0 Å². The number of aryl methyl sites for hydroxylation is 1. The summed E-state index contributed by atoms with van der Waals surface area (Å²) in [7, 11) is 0. The summed E-state index contributed by atoms with van der Waals surface area (Å²) in [5, 5.41) is 3.56. The molecule has 0 spiro atoms. The Morgan fingerprint density at radius 1 is 1.55 bits per heavy atom. The number of anilines is 1. The number of nitrogens with zero attached hydrogens (tertiary/aromatic N) is 2. The van der Waals surface area contributed by atoms with Crippen LogP contribution in [0.25, 0.3) is 11.0 Å². The highest BCUT2D eigenvalue weighted by molar-refractivity contribution is 6.31. The minimum Gasteiger partial charge on any atom is -0.369 e. The summed E-state index contributed by atoms with van der Waals surface area (Å²) >= 11 is 5.99. The molecular weight excluding hydrogens is 276 g/mol. The van der Waals surface area contributed by atoms with E-state index in [0.717, 1.165) is 17.5 Å². The molecule has 0 radical (unpaired) electrons. The highest BCUT2D eigenvalue weighted by Crippen LogP contribution is 2.22. The molecule has 1 heterocycles. The maximum atomic E-state index is 11.8. The average molecular weight is 295 g/mol. The molecule has 0 aliphatic carbocycles. The number of benzene rings is 1. The number of nitrogen functional groups attached to an aromatic ring is 1. The van der Waals surface area contributed by atoms with Crippen LogP contribution < -0.4 is 11.1 Å². The second-order valence-electron chi connectivity index (χ2n) is 4.88. The van der Waals surface area contributed by atoms with Crippen molar-refractivity contribution >= 4 is 34.5 Å². The van der Waals surface area contributed by atoms with Gasteiger partial charge < -0.3 is 15.6 Å². The van der Waals surface area contributed by atoms with Gasteiger partial charge in [-0.3, -0.25) is 4.79 Å². The number of imidazole rings is 1. The molecule has 1 atom stereocenters. The van der Waals surface area contributed by atoms with Gasteiger partial charge in [0.05, 0.1) is 11.0 Å². The molecule has 1 aromatic heterocycles. The van der Waals surface area contributed by atoms with Crippen LogP contribution in [0.4, 0.5) is 5.95 Å². The lowest BCUT2D eigenvalue weighted by molar-refractivity contribution is -0.121. The third-order valence-electron chi connectivity index (χ3n) is 3.32. The zero-order chi connectivity index (χ0) is 14.7. The minimum atomic E-state index is 0.0163. The fourth-order valence-electron chi connectivity index (χ4n) is 2.01. The lowest BCUT2D eigenvalue weighted by atomic mass is 10.2. The first kappa shape index (κ1) is 14.7. The number of carbonyl (C=O) groups is 1. The van der Waals surface area contributed by atoms with Crippen molar-refractivity contribution in [3.05, 3.63) is 23.2 Å². The summed E-state index contributed by atoms with van der Waals surface area (Å²) in [5.74, 6) is 0.418. The molecule has 5 nitrogen and oxygen atoms in total. The van der Waals surface area contributed by atoms with E-state index < -0.39 is 0 Å². The Balaban J connectivity index is 2.11. The van der Waals surface area contributed by atoms with Crippen molar-refractivity contribution < 1.29 is 4.79 Å². The molecule has 2 rings (SSSR count). The van der Waals surface area contributed by atoms with Crippen molar-refractivity contribution in [3.63, 3.8) is 0 Å². The molecule has 0 fully saturated rings. The number of amides is 1. The van der Waals surface area contributed by atoms with Crippen LogP contribution in [0.1, 0.15) is 26.7 Å². The van der Waals surface area contributed by atoms with E-state index in [1.807, 2.05) is 30.5 Å². The van der Waals surface area contributed by atoms with E-state index in [1.165, 1.54) is 0 Å². The molecule has 0 aliphatic rings. The Bertz CT molecular complexity index is 623. The summed E-state index contributed by atoms with van der Waals surface area (Å²) in [6.45, 7) is 4.51. The first-order valence-corrected chi connectivity index (χ1v) is 7.09. The van der Waals surface area contributed by atoms with Crippen LogP contribution in [0.3, 0.4) is 0 Å². The lowest BCUT2D eigenvalue weighted by Gasteiger charge is -2.12. The van der Waals surface area contributed by atoms with E-state index in [1.54, 1.807) is 6.07 Å². The molecule has 20 heavy (non-hydrogen) atoms. The maximum Gasteiger partial charge on any atom is 0.222 e. The van der Waals surface area contributed by atoms with Gasteiger partial charge in [-0.2, -0.15) is 0 Å². The van der Waals surface area contributed by atoms with Crippen molar-refractivity contribution in [2.45, 2.75) is 39.3 Å². The number of halogens is 1. The number of fused-ring (bicyclic) bond motifs is 1. The molecule has 1 aromatic carbocycles. The third-order valence-corrected chi connectivity index (χ3v) is 3.56. The standard InChI is InChI=1S/C14H19ClN4O/c1-3-9(2)17-13(20)6-7-19-12-8-10(15)4-5-11(12)18-14(19)16/h4-5,8-9H,3,6-7H2,1-2H3,(H2,16,18)(H,17,20). The van der Waals surface area contributed by atoms with E-state index in [0.29, 0.717) is 23.9 Å². The number of nitrogens with two attached hydrogens (primary N) is 1. The van der Waals surface area contributed by atoms with Crippen LogP contribution >= 0.6 is 11.6 Å². The van der Waals surface area contributed by atoms with Crippen LogP contribution in [0.5, 0.6) is 0 Å². The third kappa shape index (κ3) is 3.22. The molecule has 0 saturated carbocycles. The molecule has 1 amide bonds. The van der Waals surface area contributed by atoms with Crippen molar-refractivity contribution in [2.75, 3.05) is 5.73 Å². The Kier molecular flexibility index (Phi) is 4.49. The van der Waals surface area contributed by atoms with E-state index in [2.05, 4.69) is 10.3 Å². The van der Waals surface area contributed by atoms with Gasteiger partial charge in [-0.15, -0.1) is 0 Å². The van der Waals surface area contributed by atoms with Gasteiger partial charge in [-0.25, -0.2) is 4.98 Å². The minimum absolute atomic E-state index is 0.0163. The van der Waals surface area contributed by atoms with Crippen LogP contribution in [-0.4, -0.2) is 21.5 Å². The smallest absolute Gasteiger partial charge is 0.222 e. The number of rotatable bonds is 5. The topological polar surface area (TPSA) is 72.9 Å². The zero-order valence-electron chi connectivity index (χ0n) is 11.7. The summed E-state index contributed by atoms with van der Waals surface area (Å²) in [6, 6.07) is 5.60. The van der Waals surface area contributed by atoms with E-state index in [4.69, 9.17) is 17.3 Å². The van der Waals surface area contributed by atoms with Crippen molar-refractivity contribution in [2.24, 2.45) is 0 Å². The number of hydrogen-bond acceptors (Lipinski definition) is 3. The molecule has 1 unspecified atom stereocenters. The van der Waals surface area contributed by atoms with Crippen LogP contribution in [0, 0.1) is 0 Å². The molecule has 3 N–H and O–H groups in total. The average Bonchev–Trinajstić information content (AvgIpc) is 2.71. The molecule has 6 heteroatoms. The van der Waals surface area contributed by atoms with Crippen molar-refractivity contribution in [1.29, 1.82) is 0 Å². The largest absolute Gasteiger partial charge is 0.369 e. The zero-order valence-corrected chi connectivity index (χ0v) is 12.4. The van der Waals surface area contributed by atoms with Gasteiger partial charge in [0.15, 0.2) is 0 Å². The van der Waals surface area contributed by atoms with Crippen LogP contribution in [0.15, 0.2) is 18.2 Å². The predicted molar refractivity (Wildman–Crippen MR) is 81.7 cm³/mol. The first-order valence-electron chi connectivity index (χ1n) is 6.72. The number of hydrogen-bond donors (Lipinski definition) is 2. The summed E-state index contributed by atoms with van der Waals surface area (Å²) in [6.07, 6.45) is 1.28. The lowest BCUT2D eigenvalue weighted by Crippen LogP contribution is -2.32. The van der Waals surface area contributed by atoms with Gasteiger partial charge in [0.1, 0.15) is 0 Å². The van der Waals surface area contributed by atoms with Crippen LogP contribution in [-0.2, 0) is 11.3 Å². The second kappa shape index (κ2) is 6.13. The molecular formula is C14H19ClN4O.